The summed E-state index contributed by atoms with van der Waals surface area (Å²) in [6.07, 6.45) is -9.39. The van der Waals surface area contributed by atoms with E-state index in [0.717, 1.165) is 0 Å². The Labute approximate surface area is 147 Å². The van der Waals surface area contributed by atoms with Crippen LogP contribution in [0, 0.1) is 0 Å². The fraction of sp³-hybridized carbons (Fsp3) is 1.00. The molecule has 2 aliphatic rings. The third-order valence-corrected chi connectivity index (χ3v) is 5.17. The van der Waals surface area contributed by atoms with Crippen molar-refractivity contribution >= 4 is 34.8 Å². The summed E-state index contributed by atoms with van der Waals surface area (Å²) in [6.45, 7) is -0.526. The van der Waals surface area contributed by atoms with E-state index >= 15 is 0 Å². The summed E-state index contributed by atoms with van der Waals surface area (Å²) in [7, 11) is 0. The van der Waals surface area contributed by atoms with Gasteiger partial charge in [0, 0.05) is 0 Å². The highest BCUT2D eigenvalue weighted by atomic mass is 35.5. The first-order valence-electron chi connectivity index (χ1n) is 6.91. The van der Waals surface area contributed by atoms with Gasteiger partial charge >= 0.3 is 0 Å². The first-order chi connectivity index (χ1) is 10.8. The molecule has 0 amide bonds. The summed E-state index contributed by atoms with van der Waals surface area (Å²) in [5, 5.41) is 48.1. The highest BCUT2D eigenvalue weighted by molar-refractivity contribution is 6.21. The summed E-state index contributed by atoms with van der Waals surface area (Å²) >= 11 is 17.3. The lowest BCUT2D eigenvalue weighted by Gasteiger charge is -2.43. The van der Waals surface area contributed by atoms with E-state index in [2.05, 4.69) is 0 Å². The molecule has 23 heavy (non-hydrogen) atoms. The van der Waals surface area contributed by atoms with Crippen LogP contribution in [-0.4, -0.2) is 98.0 Å². The Morgan fingerprint density at radius 1 is 1.00 bits per heavy atom. The lowest BCUT2D eigenvalue weighted by Crippen LogP contribution is -2.61. The summed E-state index contributed by atoms with van der Waals surface area (Å²) in [4.78, 5) is 0. The van der Waals surface area contributed by atoms with Gasteiger partial charge in [0.05, 0.1) is 23.7 Å². The third-order valence-electron chi connectivity index (χ3n) is 3.96. The molecule has 0 aliphatic carbocycles. The third kappa shape index (κ3) is 3.58. The highest BCUT2D eigenvalue weighted by Gasteiger charge is 2.58. The van der Waals surface area contributed by atoms with Crippen molar-refractivity contribution in [3.05, 3.63) is 0 Å². The molecule has 0 bridgehead atoms. The lowest BCUT2D eigenvalue weighted by atomic mass is 10.0. The predicted molar refractivity (Wildman–Crippen MR) is 79.5 cm³/mol. The minimum Gasteiger partial charge on any atom is -0.394 e. The van der Waals surface area contributed by atoms with Crippen molar-refractivity contribution in [1.29, 1.82) is 0 Å². The Balaban J connectivity index is 2.18. The fourth-order valence-corrected chi connectivity index (χ4v) is 3.37. The fourth-order valence-electron chi connectivity index (χ4n) is 2.56. The molecule has 2 fully saturated rings. The molecule has 5 N–H and O–H groups in total. The summed E-state index contributed by atoms with van der Waals surface area (Å²) in [5.74, 6) is -2.43. The van der Waals surface area contributed by atoms with E-state index < -0.39 is 66.6 Å². The molecule has 136 valence electrons. The average Bonchev–Trinajstić information content (AvgIpc) is 2.80. The minimum atomic E-state index is -1.90. The molecule has 0 saturated carbocycles. The van der Waals surface area contributed by atoms with Gasteiger partial charge in [0.15, 0.2) is 6.29 Å². The second-order valence-corrected chi connectivity index (χ2v) is 6.54. The van der Waals surface area contributed by atoms with Crippen molar-refractivity contribution in [3.63, 3.8) is 0 Å². The second-order valence-electron chi connectivity index (χ2n) is 5.46. The number of aliphatic hydroxyl groups excluding tert-OH is 5. The van der Waals surface area contributed by atoms with Crippen molar-refractivity contribution in [1.82, 2.24) is 0 Å². The van der Waals surface area contributed by atoms with Crippen molar-refractivity contribution in [3.8, 4) is 0 Å². The summed E-state index contributed by atoms with van der Waals surface area (Å²) in [5.41, 5.74) is 0. The zero-order chi connectivity index (χ0) is 17.4. The van der Waals surface area contributed by atoms with Crippen LogP contribution >= 0.6 is 34.8 Å². The minimum absolute atomic E-state index is 0.125. The Hall–Kier alpha value is 0.550. The molecule has 11 heteroatoms. The quantitative estimate of drug-likeness (QED) is 0.349. The molecular formula is C12H19Cl3O8. The number of halogens is 3. The maximum absolute atomic E-state index is 10.1. The molecule has 0 unspecified atom stereocenters. The van der Waals surface area contributed by atoms with Crippen molar-refractivity contribution in [2.45, 2.75) is 54.1 Å². The second kappa shape index (κ2) is 7.84. The number of ether oxygens (including phenoxy) is 3. The highest BCUT2D eigenvalue weighted by Crippen LogP contribution is 2.37. The van der Waals surface area contributed by atoms with Crippen molar-refractivity contribution in [2.24, 2.45) is 0 Å². The monoisotopic (exact) mass is 396 g/mol. The molecule has 2 aliphatic heterocycles. The number of alkyl halides is 3. The van der Waals surface area contributed by atoms with E-state index in [1.54, 1.807) is 0 Å². The number of rotatable bonds is 5. The first-order valence-corrected chi connectivity index (χ1v) is 8.42. The zero-order valence-electron chi connectivity index (χ0n) is 11.8. The van der Waals surface area contributed by atoms with Crippen molar-refractivity contribution in [2.75, 3.05) is 18.4 Å². The van der Waals surface area contributed by atoms with Crippen LogP contribution in [0.25, 0.3) is 0 Å². The molecule has 2 heterocycles. The van der Waals surface area contributed by atoms with Gasteiger partial charge < -0.3 is 39.7 Å². The van der Waals surface area contributed by atoms with Gasteiger partial charge in [-0.05, 0) is 0 Å². The van der Waals surface area contributed by atoms with Crippen LogP contribution in [0.5, 0.6) is 0 Å². The SMILES string of the molecule is OC[C@@H]1O[C@H](O[C@]2(CCl)O[C@H](CCl)[C@H](O)[C@H]2O)[C@@H](O)[C@@H](O)[C@H]1Cl. The van der Waals surface area contributed by atoms with Crippen LogP contribution in [0.3, 0.4) is 0 Å². The topological polar surface area (TPSA) is 129 Å². The average molecular weight is 398 g/mol. The summed E-state index contributed by atoms with van der Waals surface area (Å²) < 4.78 is 16.1. The van der Waals surface area contributed by atoms with Crippen LogP contribution in [0.1, 0.15) is 0 Å². The zero-order valence-corrected chi connectivity index (χ0v) is 14.1. The summed E-state index contributed by atoms with van der Waals surface area (Å²) in [6, 6.07) is 0. The van der Waals surface area contributed by atoms with Crippen LogP contribution < -0.4 is 0 Å². The molecule has 0 aromatic heterocycles. The molecule has 2 saturated heterocycles. The maximum Gasteiger partial charge on any atom is 0.214 e. The van der Waals surface area contributed by atoms with E-state index in [1.807, 2.05) is 0 Å². The van der Waals surface area contributed by atoms with E-state index in [-0.39, 0.29) is 5.88 Å². The normalized spacial score (nSPS) is 51.1. The largest absolute Gasteiger partial charge is 0.394 e. The van der Waals surface area contributed by atoms with Gasteiger partial charge in [-0.1, -0.05) is 0 Å². The molecule has 0 spiro atoms. The van der Waals surface area contributed by atoms with Crippen LogP contribution in [0.2, 0.25) is 0 Å². The Bertz CT molecular complexity index is 403. The van der Waals surface area contributed by atoms with Gasteiger partial charge in [-0.25, -0.2) is 0 Å². The van der Waals surface area contributed by atoms with E-state index in [4.69, 9.17) is 49.0 Å². The molecule has 8 nitrogen and oxygen atoms in total. The molecule has 9 atom stereocenters. The van der Waals surface area contributed by atoms with E-state index in [0.29, 0.717) is 0 Å². The molecule has 0 aromatic rings. The maximum atomic E-state index is 10.1. The van der Waals surface area contributed by atoms with Crippen molar-refractivity contribution < 1.29 is 39.7 Å². The molecule has 0 aromatic carbocycles. The predicted octanol–water partition coefficient (Wildman–Crippen LogP) is -1.66. The van der Waals surface area contributed by atoms with Gasteiger partial charge in [-0.2, -0.15) is 0 Å². The van der Waals surface area contributed by atoms with Crippen LogP contribution in [0.4, 0.5) is 0 Å². The number of hydrogen-bond acceptors (Lipinski definition) is 8. The van der Waals surface area contributed by atoms with Gasteiger partial charge in [0.1, 0.15) is 36.6 Å². The van der Waals surface area contributed by atoms with Gasteiger partial charge in [-0.3, -0.25) is 0 Å². The number of aliphatic hydroxyl groups is 5. The molecule has 2 rings (SSSR count). The first kappa shape index (κ1) is 19.9. The van der Waals surface area contributed by atoms with E-state index in [9.17, 15) is 25.5 Å². The van der Waals surface area contributed by atoms with Gasteiger partial charge in [0.2, 0.25) is 5.79 Å². The molecular weight excluding hydrogens is 378 g/mol. The lowest BCUT2D eigenvalue weighted by molar-refractivity contribution is -0.357. The smallest absolute Gasteiger partial charge is 0.214 e. The Morgan fingerprint density at radius 2 is 1.65 bits per heavy atom. The Kier molecular flexibility index (Phi) is 6.77. The molecule has 0 radical (unpaired) electrons. The van der Waals surface area contributed by atoms with Crippen LogP contribution in [-0.2, 0) is 14.2 Å². The number of hydrogen-bond donors (Lipinski definition) is 5. The van der Waals surface area contributed by atoms with Gasteiger partial charge in [0.25, 0.3) is 0 Å². The Morgan fingerprint density at radius 3 is 2.13 bits per heavy atom. The van der Waals surface area contributed by atoms with E-state index in [1.165, 1.54) is 0 Å². The standard InChI is InChI=1S/C12H19Cl3O8/c13-1-4-7(17)10(20)12(3-14,22-4)23-11-9(19)8(18)6(15)5(2-16)21-11/h4-11,16-20H,1-3H2/t4-,5+,6+,7+,8+,9+,10-,11-,12+/m1/s1. The van der Waals surface area contributed by atoms with Crippen LogP contribution in [0.15, 0.2) is 0 Å². The van der Waals surface area contributed by atoms with Gasteiger partial charge in [-0.15, -0.1) is 34.8 Å².